The summed E-state index contributed by atoms with van der Waals surface area (Å²) in [4.78, 5) is 2.38. The standard InChI is InChI=1S/C55H38N2/c1-5-17-41(18-6-1)55(42-19-7-2-8-20-42)51-27-15-13-25-47(51)50-38-46(34-36-52(50)55)56(43-21-9-3-10-22-43)45-32-29-39(30-33-45)40-31-35-49-48-26-14-16-28-53(48)57(54(49)37-40)44-23-11-4-12-24-44/h1-38H. The van der Waals surface area contributed by atoms with Gasteiger partial charge in [-0.05, 0) is 105 Å². The lowest BCUT2D eigenvalue weighted by atomic mass is 9.68. The van der Waals surface area contributed by atoms with Gasteiger partial charge in [0.25, 0.3) is 0 Å². The largest absolute Gasteiger partial charge is 0.310 e. The number of aromatic nitrogens is 1. The molecule has 2 nitrogen and oxygen atoms in total. The predicted octanol–water partition coefficient (Wildman–Crippen LogP) is 14.3. The summed E-state index contributed by atoms with van der Waals surface area (Å²) in [5.74, 6) is 0. The third kappa shape index (κ3) is 5.18. The van der Waals surface area contributed by atoms with Crippen molar-refractivity contribution in [2.24, 2.45) is 0 Å². The van der Waals surface area contributed by atoms with E-state index in [1.165, 1.54) is 66.3 Å². The molecule has 1 aliphatic rings. The topological polar surface area (TPSA) is 8.17 Å². The molecule has 0 N–H and O–H groups in total. The van der Waals surface area contributed by atoms with Crippen LogP contribution in [0.5, 0.6) is 0 Å². The molecule has 10 aromatic rings. The highest BCUT2D eigenvalue weighted by Gasteiger charge is 2.46. The first-order chi connectivity index (χ1) is 28.3. The van der Waals surface area contributed by atoms with Crippen LogP contribution in [0.15, 0.2) is 231 Å². The molecule has 11 rings (SSSR count). The maximum Gasteiger partial charge on any atom is 0.0713 e. The second kappa shape index (κ2) is 13.4. The zero-order chi connectivity index (χ0) is 37.8. The summed E-state index contributed by atoms with van der Waals surface area (Å²) in [7, 11) is 0. The highest BCUT2D eigenvalue weighted by atomic mass is 15.1. The predicted molar refractivity (Wildman–Crippen MR) is 238 cm³/mol. The molecule has 0 unspecified atom stereocenters. The highest BCUT2D eigenvalue weighted by Crippen LogP contribution is 2.57. The molecule has 9 aromatic carbocycles. The van der Waals surface area contributed by atoms with Crippen molar-refractivity contribution in [2.75, 3.05) is 4.90 Å². The minimum absolute atomic E-state index is 0.431. The van der Waals surface area contributed by atoms with Gasteiger partial charge in [-0.15, -0.1) is 0 Å². The molecule has 1 aromatic heterocycles. The van der Waals surface area contributed by atoms with Crippen LogP contribution in [-0.2, 0) is 5.41 Å². The van der Waals surface area contributed by atoms with Crippen molar-refractivity contribution in [3.8, 4) is 27.9 Å². The Hall–Kier alpha value is -7.42. The summed E-state index contributed by atoms with van der Waals surface area (Å²) < 4.78 is 2.38. The highest BCUT2D eigenvalue weighted by molar-refractivity contribution is 6.10. The smallest absolute Gasteiger partial charge is 0.0713 e. The molecule has 1 heterocycles. The van der Waals surface area contributed by atoms with Gasteiger partial charge in [0.15, 0.2) is 0 Å². The second-order valence-corrected chi connectivity index (χ2v) is 14.9. The van der Waals surface area contributed by atoms with E-state index in [0.29, 0.717) is 0 Å². The summed E-state index contributed by atoms with van der Waals surface area (Å²) in [6, 6.07) is 84.1. The van der Waals surface area contributed by atoms with Gasteiger partial charge in [0.2, 0.25) is 0 Å². The molecule has 0 bridgehead atoms. The number of anilines is 3. The van der Waals surface area contributed by atoms with Gasteiger partial charge in [0.05, 0.1) is 16.4 Å². The summed E-state index contributed by atoms with van der Waals surface area (Å²) in [5.41, 5.74) is 16.5. The van der Waals surface area contributed by atoms with Gasteiger partial charge in [-0.3, -0.25) is 0 Å². The van der Waals surface area contributed by atoms with Crippen LogP contribution in [0.25, 0.3) is 49.7 Å². The fourth-order valence-electron chi connectivity index (χ4n) is 9.41. The van der Waals surface area contributed by atoms with E-state index < -0.39 is 5.41 Å². The van der Waals surface area contributed by atoms with Crippen LogP contribution in [0, 0.1) is 0 Å². The molecule has 0 saturated carbocycles. The summed E-state index contributed by atoms with van der Waals surface area (Å²) in [6.45, 7) is 0. The normalized spacial score (nSPS) is 12.7. The van der Waals surface area contributed by atoms with Crippen LogP contribution in [0.2, 0.25) is 0 Å². The van der Waals surface area contributed by atoms with Crippen molar-refractivity contribution in [1.29, 1.82) is 0 Å². The number of hydrogen-bond donors (Lipinski definition) is 0. The first-order valence-corrected chi connectivity index (χ1v) is 19.7. The van der Waals surface area contributed by atoms with Crippen molar-refractivity contribution in [3.05, 3.63) is 253 Å². The zero-order valence-electron chi connectivity index (χ0n) is 31.3. The van der Waals surface area contributed by atoms with Crippen LogP contribution in [0.4, 0.5) is 17.1 Å². The van der Waals surface area contributed by atoms with E-state index in [1.807, 2.05) is 0 Å². The number of hydrogen-bond acceptors (Lipinski definition) is 1. The third-order valence-electron chi connectivity index (χ3n) is 11.9. The Balaban J connectivity index is 1.04. The number of rotatable bonds is 7. The molecular formula is C55H38N2. The van der Waals surface area contributed by atoms with Crippen molar-refractivity contribution >= 4 is 38.9 Å². The molecule has 0 saturated heterocycles. The van der Waals surface area contributed by atoms with Crippen LogP contribution in [0.1, 0.15) is 22.3 Å². The van der Waals surface area contributed by atoms with Crippen molar-refractivity contribution in [3.63, 3.8) is 0 Å². The van der Waals surface area contributed by atoms with E-state index in [-0.39, 0.29) is 0 Å². The molecule has 2 heteroatoms. The monoisotopic (exact) mass is 726 g/mol. The second-order valence-electron chi connectivity index (χ2n) is 14.9. The number of benzene rings is 9. The van der Waals surface area contributed by atoms with Gasteiger partial charge in [0, 0.05) is 33.5 Å². The lowest BCUT2D eigenvalue weighted by Crippen LogP contribution is -2.28. The van der Waals surface area contributed by atoms with E-state index in [1.54, 1.807) is 0 Å². The average molecular weight is 727 g/mol. The molecule has 57 heavy (non-hydrogen) atoms. The molecule has 0 fully saturated rings. The average Bonchev–Trinajstić information content (AvgIpc) is 3.78. The van der Waals surface area contributed by atoms with Gasteiger partial charge in [0.1, 0.15) is 0 Å². The van der Waals surface area contributed by atoms with E-state index in [0.717, 1.165) is 22.7 Å². The first kappa shape index (κ1) is 33.0. The van der Waals surface area contributed by atoms with Crippen LogP contribution in [0.3, 0.4) is 0 Å². The molecular weight excluding hydrogens is 689 g/mol. The summed E-state index contributed by atoms with van der Waals surface area (Å²) >= 11 is 0. The van der Waals surface area contributed by atoms with Gasteiger partial charge >= 0.3 is 0 Å². The molecule has 0 spiro atoms. The molecule has 1 aliphatic carbocycles. The van der Waals surface area contributed by atoms with Gasteiger partial charge < -0.3 is 9.47 Å². The Morgan fingerprint density at radius 3 is 1.58 bits per heavy atom. The fourth-order valence-corrected chi connectivity index (χ4v) is 9.41. The Labute approximate surface area is 333 Å². The Bertz CT molecular complexity index is 3000. The Morgan fingerprint density at radius 1 is 0.333 bits per heavy atom. The van der Waals surface area contributed by atoms with E-state index in [9.17, 15) is 0 Å². The minimum atomic E-state index is -0.431. The van der Waals surface area contributed by atoms with Crippen molar-refractivity contribution in [2.45, 2.75) is 5.41 Å². The minimum Gasteiger partial charge on any atom is -0.310 e. The fraction of sp³-hybridized carbons (Fsp3) is 0.0182. The Morgan fingerprint density at radius 2 is 0.860 bits per heavy atom. The van der Waals surface area contributed by atoms with E-state index >= 15 is 0 Å². The number of fused-ring (bicyclic) bond motifs is 6. The number of para-hydroxylation sites is 3. The van der Waals surface area contributed by atoms with Crippen LogP contribution in [-0.4, -0.2) is 4.57 Å². The molecule has 0 aliphatic heterocycles. The van der Waals surface area contributed by atoms with Crippen LogP contribution < -0.4 is 4.90 Å². The van der Waals surface area contributed by atoms with Gasteiger partial charge in [-0.1, -0.05) is 170 Å². The first-order valence-electron chi connectivity index (χ1n) is 19.7. The molecule has 0 atom stereocenters. The van der Waals surface area contributed by atoms with E-state index in [2.05, 4.69) is 240 Å². The van der Waals surface area contributed by atoms with E-state index in [4.69, 9.17) is 0 Å². The van der Waals surface area contributed by atoms with Crippen molar-refractivity contribution in [1.82, 2.24) is 4.57 Å². The quantitative estimate of drug-likeness (QED) is 0.159. The lowest BCUT2D eigenvalue weighted by Gasteiger charge is -2.34. The SMILES string of the molecule is c1ccc(N(c2ccc(-c3ccc4c5ccccc5n(-c5ccccc5)c4c3)cc2)c2ccc3c(c2)-c2ccccc2C3(c2ccccc2)c2ccccc2)cc1. The zero-order valence-corrected chi connectivity index (χ0v) is 31.3. The van der Waals surface area contributed by atoms with Gasteiger partial charge in [-0.25, -0.2) is 0 Å². The summed E-state index contributed by atoms with van der Waals surface area (Å²) in [5, 5.41) is 2.52. The van der Waals surface area contributed by atoms with Crippen LogP contribution >= 0.6 is 0 Å². The maximum atomic E-state index is 2.40. The number of nitrogens with zero attached hydrogens (tertiary/aromatic N) is 2. The molecule has 0 amide bonds. The molecule has 0 radical (unpaired) electrons. The third-order valence-corrected chi connectivity index (χ3v) is 11.9. The molecule has 268 valence electrons. The van der Waals surface area contributed by atoms with Gasteiger partial charge in [-0.2, -0.15) is 0 Å². The summed E-state index contributed by atoms with van der Waals surface area (Å²) in [6.07, 6.45) is 0. The van der Waals surface area contributed by atoms with Crippen molar-refractivity contribution < 1.29 is 0 Å². The Kier molecular flexibility index (Phi) is 7.75. The lowest BCUT2D eigenvalue weighted by molar-refractivity contribution is 0.768. The maximum absolute atomic E-state index is 2.40.